The quantitative estimate of drug-likeness (QED) is 0.0186. The van der Waals surface area contributed by atoms with Crippen molar-refractivity contribution < 1.29 is 47.3 Å². The minimum atomic E-state index is -1.08. The number of benzene rings is 6. The van der Waals surface area contributed by atoms with E-state index in [1.54, 1.807) is 60.7 Å². The lowest BCUT2D eigenvalue weighted by molar-refractivity contribution is 0.0399. The van der Waals surface area contributed by atoms with Crippen molar-refractivity contribution >= 4 is 57.2 Å². The standard InChI is InChI=1S/C58H50O12/c59-51(41-15-7-5-8-16-41)29-23-39-19-25-43(26-20-39)65-31-11-1-3-13-33-67-45-35-47-48-36-46(38-50-54(48)58(64)70-57(63)53(47)49(37-45)55(61)69-56(50)62)68-34-14-4-2-12-32-66-44-27-21-40(22-28-44)24-30-52(60)42-17-9-6-10-18-42/h5-10,15-30,35-38H,1-4,11-14,31-34H2. The summed E-state index contributed by atoms with van der Waals surface area (Å²) >= 11 is 0. The summed E-state index contributed by atoms with van der Waals surface area (Å²) in [7, 11) is 0. The summed E-state index contributed by atoms with van der Waals surface area (Å²) in [5, 5.41) is -0.0561. The molecule has 70 heavy (non-hydrogen) atoms. The van der Waals surface area contributed by atoms with Gasteiger partial charge in [-0.25, -0.2) is 19.2 Å². The zero-order valence-electron chi connectivity index (χ0n) is 38.4. The van der Waals surface area contributed by atoms with Crippen molar-refractivity contribution in [2.24, 2.45) is 0 Å². The first-order valence-corrected chi connectivity index (χ1v) is 23.4. The second-order valence-electron chi connectivity index (χ2n) is 16.6. The molecule has 0 amide bonds. The minimum Gasteiger partial charge on any atom is -0.494 e. The molecule has 12 heteroatoms. The minimum absolute atomic E-state index is 0.0613. The molecule has 6 bridgehead atoms. The Hall–Kier alpha value is -8.38. The predicted octanol–water partition coefficient (Wildman–Crippen LogP) is 11.4. The van der Waals surface area contributed by atoms with E-state index in [0.717, 1.165) is 61.2 Å². The Kier molecular flexibility index (Phi) is 16.2. The van der Waals surface area contributed by atoms with E-state index in [4.69, 9.17) is 28.1 Å². The van der Waals surface area contributed by atoms with Crippen LogP contribution in [0.4, 0.5) is 0 Å². The van der Waals surface area contributed by atoms with Crippen LogP contribution in [0.3, 0.4) is 0 Å². The SMILES string of the molecule is O=C(C=Cc1ccc(OCCCCCCOc2cc3c4c(=O)oc(=O)c5c(cc(OCCCCCCOc6ccc(C=CC(=O)c7ccccc7)cc6)cc5c4c2)C(=O)OC3=O)cc1)c1ccccc1. The van der Waals surface area contributed by atoms with Crippen molar-refractivity contribution in [2.75, 3.05) is 26.4 Å². The number of carbonyl (C=O) groups excluding carboxylic acids is 4. The number of hydrogen-bond acceptors (Lipinski definition) is 12. The van der Waals surface area contributed by atoms with Crippen LogP contribution in [0.25, 0.3) is 33.7 Å². The lowest BCUT2D eigenvalue weighted by Gasteiger charge is -2.10. The molecule has 12 nitrogen and oxygen atoms in total. The molecule has 1 aliphatic rings. The molecule has 0 unspecified atom stereocenters. The third-order valence-corrected chi connectivity index (χ3v) is 11.6. The predicted molar refractivity (Wildman–Crippen MR) is 267 cm³/mol. The molecule has 0 radical (unpaired) electrons. The second-order valence-corrected chi connectivity index (χ2v) is 16.6. The molecule has 0 N–H and O–H groups in total. The number of ketones is 2. The second kappa shape index (κ2) is 23.6. The van der Waals surface area contributed by atoms with Gasteiger partial charge >= 0.3 is 23.2 Å². The molecule has 0 aliphatic carbocycles. The molecule has 8 rings (SSSR count). The molecule has 2 heterocycles. The summed E-state index contributed by atoms with van der Waals surface area (Å²) in [6.07, 6.45) is 13.0. The van der Waals surface area contributed by atoms with Crippen molar-refractivity contribution in [1.82, 2.24) is 0 Å². The van der Waals surface area contributed by atoms with Crippen LogP contribution in [-0.2, 0) is 4.74 Å². The maximum atomic E-state index is 13.4. The zero-order valence-corrected chi connectivity index (χ0v) is 38.4. The molecule has 6 aromatic carbocycles. The molecule has 1 aliphatic heterocycles. The Morgan fingerprint density at radius 1 is 0.414 bits per heavy atom. The van der Waals surface area contributed by atoms with Gasteiger partial charge in [-0.15, -0.1) is 0 Å². The number of esters is 2. The van der Waals surface area contributed by atoms with Crippen LogP contribution < -0.4 is 30.2 Å². The van der Waals surface area contributed by atoms with Crippen LogP contribution in [-0.4, -0.2) is 49.9 Å². The number of unbranched alkanes of at least 4 members (excludes halogenated alkanes) is 6. The monoisotopic (exact) mass is 938 g/mol. The van der Waals surface area contributed by atoms with Gasteiger partial charge in [0, 0.05) is 21.9 Å². The number of carbonyl (C=O) groups is 4. The van der Waals surface area contributed by atoms with Crippen molar-refractivity contribution in [1.29, 1.82) is 0 Å². The van der Waals surface area contributed by atoms with Gasteiger partial charge in [0.25, 0.3) is 0 Å². The van der Waals surface area contributed by atoms with Crippen LogP contribution in [0.2, 0.25) is 0 Å². The fourth-order valence-corrected chi connectivity index (χ4v) is 7.93. The fourth-order valence-electron chi connectivity index (χ4n) is 7.93. The molecule has 354 valence electrons. The average Bonchev–Trinajstić information content (AvgIpc) is 3.48. The van der Waals surface area contributed by atoms with Gasteiger partial charge in [0.05, 0.1) is 48.3 Å². The fraction of sp³-hybridized carbons (Fsp3) is 0.207. The number of hydrogen-bond donors (Lipinski definition) is 0. The molecule has 0 spiro atoms. The summed E-state index contributed by atoms with van der Waals surface area (Å²) in [6, 6.07) is 39.0. The van der Waals surface area contributed by atoms with E-state index in [0.29, 0.717) is 37.2 Å². The van der Waals surface area contributed by atoms with Gasteiger partial charge in [-0.1, -0.05) is 97.1 Å². The normalized spacial score (nSPS) is 12.1. The van der Waals surface area contributed by atoms with E-state index in [2.05, 4.69) is 0 Å². The van der Waals surface area contributed by atoms with E-state index in [-0.39, 0.29) is 69.0 Å². The number of ether oxygens (including phenoxy) is 5. The number of allylic oxidation sites excluding steroid dienone is 2. The van der Waals surface area contributed by atoms with E-state index in [1.807, 2.05) is 84.9 Å². The van der Waals surface area contributed by atoms with Gasteiger partial charge in [-0.3, -0.25) is 9.59 Å². The third kappa shape index (κ3) is 12.6. The maximum absolute atomic E-state index is 13.4. The maximum Gasteiger partial charge on any atom is 0.347 e. The summed E-state index contributed by atoms with van der Waals surface area (Å²) in [6.45, 7) is 1.62. The Morgan fingerprint density at radius 2 is 0.771 bits per heavy atom. The molecule has 0 fully saturated rings. The Bertz CT molecular complexity index is 2960. The topological polar surface area (TPSA) is 162 Å². The largest absolute Gasteiger partial charge is 0.494 e. The third-order valence-electron chi connectivity index (χ3n) is 11.6. The Balaban J connectivity index is 0.811. The lowest BCUT2D eigenvalue weighted by Crippen LogP contribution is -2.18. The Labute approximate surface area is 403 Å². The molecular weight excluding hydrogens is 889 g/mol. The molecule has 0 saturated heterocycles. The highest BCUT2D eigenvalue weighted by Gasteiger charge is 2.28. The van der Waals surface area contributed by atoms with Crippen molar-refractivity contribution in [3.05, 3.63) is 200 Å². The van der Waals surface area contributed by atoms with Crippen molar-refractivity contribution in [2.45, 2.75) is 51.4 Å². The first-order chi connectivity index (χ1) is 34.2. The highest BCUT2D eigenvalue weighted by molar-refractivity contribution is 6.21. The van der Waals surface area contributed by atoms with Crippen LogP contribution in [0, 0.1) is 0 Å². The summed E-state index contributed by atoms with van der Waals surface area (Å²) < 4.78 is 34.4. The lowest BCUT2D eigenvalue weighted by atomic mass is 10.0. The smallest absolute Gasteiger partial charge is 0.347 e. The Morgan fingerprint density at radius 3 is 1.14 bits per heavy atom. The van der Waals surface area contributed by atoms with Gasteiger partial charge in [0.15, 0.2) is 11.6 Å². The van der Waals surface area contributed by atoms with E-state index < -0.39 is 23.2 Å². The first-order valence-electron chi connectivity index (χ1n) is 23.4. The van der Waals surface area contributed by atoms with Crippen molar-refractivity contribution in [3.63, 3.8) is 0 Å². The van der Waals surface area contributed by atoms with Gasteiger partial charge in [-0.2, -0.15) is 0 Å². The summed E-state index contributed by atoms with van der Waals surface area (Å²) in [5.74, 6) is -0.325. The van der Waals surface area contributed by atoms with Gasteiger partial charge < -0.3 is 28.1 Å². The van der Waals surface area contributed by atoms with Crippen molar-refractivity contribution in [3.8, 4) is 23.0 Å². The van der Waals surface area contributed by atoms with E-state index in [9.17, 15) is 28.8 Å². The summed E-state index contributed by atoms with van der Waals surface area (Å²) in [4.78, 5) is 78.3. The van der Waals surface area contributed by atoms with E-state index in [1.165, 1.54) is 12.1 Å². The van der Waals surface area contributed by atoms with Gasteiger partial charge in [0.2, 0.25) is 0 Å². The van der Waals surface area contributed by atoms with Crippen LogP contribution in [0.5, 0.6) is 23.0 Å². The van der Waals surface area contributed by atoms with Crippen LogP contribution >= 0.6 is 0 Å². The van der Waals surface area contributed by atoms with E-state index >= 15 is 0 Å². The molecular formula is C58H50O12. The molecule has 7 aromatic rings. The van der Waals surface area contributed by atoms with Crippen LogP contribution in [0.1, 0.15) is 104 Å². The summed E-state index contributed by atoms with van der Waals surface area (Å²) in [5.41, 5.74) is 0.429. The average molecular weight is 939 g/mol. The molecule has 0 atom stereocenters. The molecule has 1 aromatic heterocycles. The van der Waals surface area contributed by atoms with Crippen LogP contribution in [0.15, 0.2) is 160 Å². The van der Waals surface area contributed by atoms with Gasteiger partial charge in [0.1, 0.15) is 23.0 Å². The first kappa shape index (κ1) is 48.1. The highest BCUT2D eigenvalue weighted by atomic mass is 16.6. The molecule has 0 saturated carbocycles. The zero-order chi connectivity index (χ0) is 48.7. The number of cyclic esters (lactones) is 2. The number of rotatable bonds is 24. The van der Waals surface area contributed by atoms with Gasteiger partial charge in [-0.05, 0) is 123 Å². The highest BCUT2D eigenvalue weighted by Crippen LogP contribution is 2.34.